The lowest BCUT2D eigenvalue weighted by molar-refractivity contribution is 0.176. The molecule has 2 rings (SSSR count). The molecule has 0 spiro atoms. The van der Waals surface area contributed by atoms with Crippen molar-refractivity contribution in [3.8, 4) is 5.75 Å². The Morgan fingerprint density at radius 3 is 2.65 bits per heavy atom. The summed E-state index contributed by atoms with van der Waals surface area (Å²) in [7, 11) is 1.59. The van der Waals surface area contributed by atoms with Gasteiger partial charge in [0.25, 0.3) is 0 Å². The van der Waals surface area contributed by atoms with E-state index in [9.17, 15) is 9.50 Å². The summed E-state index contributed by atoms with van der Waals surface area (Å²) in [5.41, 5.74) is 2.20. The van der Waals surface area contributed by atoms with Crippen molar-refractivity contribution in [3.05, 3.63) is 63.4 Å². The average molecular weight is 339 g/mol. The summed E-state index contributed by atoms with van der Waals surface area (Å²) >= 11 is 3.22. The third-order valence-electron chi connectivity index (χ3n) is 3.25. The van der Waals surface area contributed by atoms with E-state index in [-0.39, 0.29) is 12.2 Å². The predicted octanol–water partition coefficient (Wildman–Crippen LogP) is 4.18. The lowest BCUT2D eigenvalue weighted by Gasteiger charge is -2.14. The number of aryl methyl sites for hydroxylation is 1. The highest BCUT2D eigenvalue weighted by molar-refractivity contribution is 9.10. The Kier molecular flexibility index (Phi) is 4.78. The smallest absolute Gasteiger partial charge is 0.127 e. The predicted molar refractivity (Wildman–Crippen MR) is 80.5 cm³/mol. The molecule has 0 saturated carbocycles. The maximum absolute atomic E-state index is 13.8. The first-order valence-electron chi connectivity index (χ1n) is 6.28. The van der Waals surface area contributed by atoms with Gasteiger partial charge in [0.15, 0.2) is 0 Å². The summed E-state index contributed by atoms with van der Waals surface area (Å²) in [5.74, 6) is 0.398. The Morgan fingerprint density at radius 2 is 2.00 bits per heavy atom. The molecule has 0 aromatic heterocycles. The lowest BCUT2D eigenvalue weighted by atomic mass is 10.00. The van der Waals surface area contributed by atoms with Gasteiger partial charge in [0.05, 0.1) is 13.2 Å². The van der Waals surface area contributed by atoms with Crippen LogP contribution in [0.15, 0.2) is 40.9 Å². The zero-order valence-corrected chi connectivity index (χ0v) is 12.9. The molecule has 1 N–H and O–H groups in total. The van der Waals surface area contributed by atoms with Crippen molar-refractivity contribution in [1.82, 2.24) is 0 Å². The van der Waals surface area contributed by atoms with Gasteiger partial charge in [-0.1, -0.05) is 34.1 Å². The molecule has 0 saturated heterocycles. The fourth-order valence-electron chi connectivity index (χ4n) is 2.06. The summed E-state index contributed by atoms with van der Waals surface area (Å²) in [6.07, 6.45) is -0.536. The second kappa shape index (κ2) is 6.37. The van der Waals surface area contributed by atoms with Crippen molar-refractivity contribution in [3.63, 3.8) is 0 Å². The van der Waals surface area contributed by atoms with Crippen molar-refractivity contribution in [2.24, 2.45) is 0 Å². The summed E-state index contributed by atoms with van der Waals surface area (Å²) in [6.45, 7) is 1.93. The van der Waals surface area contributed by atoms with Gasteiger partial charge < -0.3 is 9.84 Å². The van der Waals surface area contributed by atoms with Crippen molar-refractivity contribution >= 4 is 15.9 Å². The molecule has 0 aliphatic rings. The molecule has 0 amide bonds. The van der Waals surface area contributed by atoms with Gasteiger partial charge in [0, 0.05) is 10.9 Å². The largest absolute Gasteiger partial charge is 0.496 e. The van der Waals surface area contributed by atoms with E-state index in [4.69, 9.17) is 4.74 Å². The number of hydrogen-bond donors (Lipinski definition) is 1. The van der Waals surface area contributed by atoms with Crippen LogP contribution in [0.1, 0.15) is 22.8 Å². The van der Waals surface area contributed by atoms with E-state index in [2.05, 4.69) is 15.9 Å². The molecule has 0 radical (unpaired) electrons. The highest BCUT2D eigenvalue weighted by Crippen LogP contribution is 2.26. The molecular formula is C16H16BrFO2. The third kappa shape index (κ3) is 3.38. The average Bonchev–Trinajstić information content (AvgIpc) is 2.42. The Labute approximate surface area is 126 Å². The number of ether oxygens (including phenoxy) is 1. The lowest BCUT2D eigenvalue weighted by Crippen LogP contribution is -2.04. The van der Waals surface area contributed by atoms with E-state index in [0.717, 1.165) is 16.9 Å². The minimum atomic E-state index is -0.764. The van der Waals surface area contributed by atoms with Crippen LogP contribution in [-0.4, -0.2) is 12.2 Å². The molecule has 106 valence electrons. The molecule has 2 aromatic rings. The Hall–Kier alpha value is -1.39. The Morgan fingerprint density at radius 1 is 1.25 bits per heavy atom. The van der Waals surface area contributed by atoms with Gasteiger partial charge in [-0.05, 0) is 41.8 Å². The van der Waals surface area contributed by atoms with E-state index in [1.165, 1.54) is 6.07 Å². The highest BCUT2D eigenvalue weighted by Gasteiger charge is 2.13. The van der Waals surface area contributed by atoms with Gasteiger partial charge in [-0.25, -0.2) is 4.39 Å². The summed E-state index contributed by atoms with van der Waals surface area (Å²) in [5, 5.41) is 10.2. The molecule has 1 atom stereocenters. The van der Waals surface area contributed by atoms with Crippen molar-refractivity contribution in [2.75, 3.05) is 7.11 Å². The highest BCUT2D eigenvalue weighted by atomic mass is 79.9. The topological polar surface area (TPSA) is 29.5 Å². The van der Waals surface area contributed by atoms with Gasteiger partial charge in [-0.15, -0.1) is 0 Å². The van der Waals surface area contributed by atoms with Crippen molar-refractivity contribution in [1.29, 1.82) is 0 Å². The number of hydrogen-bond acceptors (Lipinski definition) is 2. The second-order valence-corrected chi connectivity index (χ2v) is 5.60. The zero-order valence-electron chi connectivity index (χ0n) is 11.4. The molecule has 2 aromatic carbocycles. The van der Waals surface area contributed by atoms with Crippen LogP contribution >= 0.6 is 15.9 Å². The van der Waals surface area contributed by atoms with Gasteiger partial charge in [-0.3, -0.25) is 0 Å². The van der Waals surface area contributed by atoms with Gasteiger partial charge in [0.2, 0.25) is 0 Å². The fraction of sp³-hybridized carbons (Fsp3) is 0.250. The number of methoxy groups -OCH3 is 1. The standard InChI is InChI=1S/C16H16BrFO2/c1-10-3-4-12(8-16(10)20-2)15(19)7-11-5-6-13(17)9-14(11)18/h3-6,8-9,15,19H,7H2,1-2H3. The number of rotatable bonds is 4. The molecule has 0 heterocycles. The molecule has 0 aliphatic heterocycles. The molecule has 0 fully saturated rings. The molecule has 4 heteroatoms. The van der Waals surface area contributed by atoms with Crippen LogP contribution in [0.3, 0.4) is 0 Å². The van der Waals surface area contributed by atoms with Crippen LogP contribution in [0.5, 0.6) is 5.75 Å². The molecule has 0 aliphatic carbocycles. The minimum Gasteiger partial charge on any atom is -0.496 e. The van der Waals surface area contributed by atoms with Crippen molar-refractivity contribution < 1.29 is 14.2 Å². The van der Waals surface area contributed by atoms with Crippen LogP contribution in [0.2, 0.25) is 0 Å². The maximum Gasteiger partial charge on any atom is 0.127 e. The van der Waals surface area contributed by atoms with E-state index >= 15 is 0 Å². The van der Waals surface area contributed by atoms with Crippen molar-refractivity contribution in [2.45, 2.75) is 19.4 Å². The molecule has 2 nitrogen and oxygen atoms in total. The zero-order chi connectivity index (χ0) is 14.7. The first-order chi connectivity index (χ1) is 9.51. The SMILES string of the molecule is COc1cc(C(O)Cc2ccc(Br)cc2F)ccc1C. The van der Waals surface area contributed by atoms with Crippen LogP contribution < -0.4 is 4.74 Å². The van der Waals surface area contributed by atoms with E-state index in [1.54, 1.807) is 25.3 Å². The summed E-state index contributed by atoms with van der Waals surface area (Å²) in [6, 6.07) is 10.3. The molecule has 0 bridgehead atoms. The quantitative estimate of drug-likeness (QED) is 0.905. The van der Waals surface area contributed by atoms with E-state index in [0.29, 0.717) is 10.0 Å². The Balaban J connectivity index is 2.21. The number of aliphatic hydroxyl groups is 1. The van der Waals surface area contributed by atoms with E-state index in [1.807, 2.05) is 19.1 Å². The van der Waals surface area contributed by atoms with Crippen LogP contribution in [0, 0.1) is 12.7 Å². The summed E-state index contributed by atoms with van der Waals surface area (Å²) < 4.78 is 19.7. The van der Waals surface area contributed by atoms with Gasteiger partial charge in [-0.2, -0.15) is 0 Å². The number of benzene rings is 2. The second-order valence-electron chi connectivity index (χ2n) is 4.68. The third-order valence-corrected chi connectivity index (χ3v) is 3.74. The minimum absolute atomic E-state index is 0.228. The van der Waals surface area contributed by atoms with Crippen LogP contribution in [-0.2, 0) is 6.42 Å². The molecular weight excluding hydrogens is 323 g/mol. The molecule has 20 heavy (non-hydrogen) atoms. The summed E-state index contributed by atoms with van der Waals surface area (Å²) in [4.78, 5) is 0. The monoisotopic (exact) mass is 338 g/mol. The fourth-order valence-corrected chi connectivity index (χ4v) is 2.39. The van der Waals surface area contributed by atoms with Gasteiger partial charge >= 0.3 is 0 Å². The van der Waals surface area contributed by atoms with Crippen LogP contribution in [0.25, 0.3) is 0 Å². The Bertz CT molecular complexity index is 613. The van der Waals surface area contributed by atoms with Crippen LogP contribution in [0.4, 0.5) is 4.39 Å². The number of aliphatic hydroxyl groups excluding tert-OH is 1. The van der Waals surface area contributed by atoms with Gasteiger partial charge in [0.1, 0.15) is 11.6 Å². The first-order valence-corrected chi connectivity index (χ1v) is 7.07. The first kappa shape index (κ1) is 15.0. The van der Waals surface area contributed by atoms with E-state index < -0.39 is 6.10 Å². The normalized spacial score (nSPS) is 12.2. The molecule has 1 unspecified atom stereocenters. The number of halogens is 2. The maximum atomic E-state index is 13.8.